The third kappa shape index (κ3) is 3.00. The van der Waals surface area contributed by atoms with Crippen molar-refractivity contribution in [1.29, 1.82) is 0 Å². The Bertz CT molecular complexity index is 445. The van der Waals surface area contributed by atoms with Crippen LogP contribution in [-0.2, 0) is 6.54 Å². The molecule has 1 aromatic rings. The Labute approximate surface area is 126 Å². The van der Waals surface area contributed by atoms with Crippen LogP contribution in [0.4, 0.5) is 5.13 Å². The third-order valence-corrected chi connectivity index (χ3v) is 5.38. The normalized spacial score (nSPS) is 20.9. The first-order valence-electron chi connectivity index (χ1n) is 7.82. The molecule has 3 rings (SSSR count). The van der Waals surface area contributed by atoms with E-state index in [-0.39, 0.29) is 0 Å². The van der Waals surface area contributed by atoms with E-state index in [4.69, 9.17) is 4.98 Å². The van der Waals surface area contributed by atoms with Crippen molar-refractivity contribution in [3.63, 3.8) is 0 Å². The molecule has 1 saturated carbocycles. The lowest BCUT2D eigenvalue weighted by molar-refractivity contribution is 0.248. The van der Waals surface area contributed by atoms with Gasteiger partial charge in [-0.1, -0.05) is 13.8 Å². The number of nitrogens with zero attached hydrogens (tertiary/aromatic N) is 3. The number of hydrogen-bond acceptors (Lipinski definition) is 5. The summed E-state index contributed by atoms with van der Waals surface area (Å²) in [6.45, 7) is 10.1. The van der Waals surface area contributed by atoms with Gasteiger partial charge in [0.2, 0.25) is 0 Å². The van der Waals surface area contributed by atoms with E-state index < -0.39 is 0 Å². The minimum atomic E-state index is 0.510. The summed E-state index contributed by atoms with van der Waals surface area (Å²) in [5.74, 6) is 0.510. The van der Waals surface area contributed by atoms with Crippen molar-refractivity contribution in [1.82, 2.24) is 15.2 Å². The molecule has 0 aromatic carbocycles. The van der Waals surface area contributed by atoms with E-state index in [9.17, 15) is 0 Å². The van der Waals surface area contributed by atoms with Crippen molar-refractivity contribution in [3.8, 4) is 0 Å². The topological polar surface area (TPSA) is 31.4 Å². The van der Waals surface area contributed by atoms with Crippen molar-refractivity contribution in [2.75, 3.05) is 38.1 Å². The monoisotopic (exact) mass is 294 g/mol. The molecule has 2 aliphatic rings. The molecule has 2 fully saturated rings. The molecule has 1 N–H and O–H groups in total. The van der Waals surface area contributed by atoms with Crippen molar-refractivity contribution in [2.45, 2.75) is 45.2 Å². The SMILES string of the molecule is CNCc1sc(N2CCN(C3CC3)CC2)nc1C(C)C. The second kappa shape index (κ2) is 6.00. The second-order valence-electron chi connectivity index (χ2n) is 6.24. The van der Waals surface area contributed by atoms with Crippen LogP contribution in [-0.4, -0.2) is 49.2 Å². The number of piperazine rings is 1. The summed E-state index contributed by atoms with van der Waals surface area (Å²) >= 11 is 1.88. The maximum absolute atomic E-state index is 4.92. The van der Waals surface area contributed by atoms with Crippen molar-refractivity contribution < 1.29 is 0 Å². The third-order valence-electron chi connectivity index (χ3n) is 4.25. The van der Waals surface area contributed by atoms with Crippen LogP contribution >= 0.6 is 11.3 Å². The van der Waals surface area contributed by atoms with Crippen LogP contribution < -0.4 is 10.2 Å². The fourth-order valence-corrected chi connectivity index (χ4v) is 4.22. The quantitative estimate of drug-likeness (QED) is 0.903. The van der Waals surface area contributed by atoms with Gasteiger partial charge in [-0.25, -0.2) is 4.98 Å². The Hall–Kier alpha value is -0.650. The molecule has 1 saturated heterocycles. The summed E-state index contributed by atoms with van der Waals surface area (Å²) in [7, 11) is 2.01. The van der Waals surface area contributed by atoms with E-state index >= 15 is 0 Å². The Kier molecular flexibility index (Phi) is 4.29. The second-order valence-corrected chi connectivity index (χ2v) is 7.31. The Morgan fingerprint density at radius 2 is 1.95 bits per heavy atom. The predicted molar refractivity (Wildman–Crippen MR) is 85.8 cm³/mol. The van der Waals surface area contributed by atoms with E-state index in [1.165, 1.54) is 41.6 Å². The first-order chi connectivity index (χ1) is 9.69. The molecule has 112 valence electrons. The van der Waals surface area contributed by atoms with Gasteiger partial charge < -0.3 is 10.2 Å². The number of thiazole rings is 1. The molecule has 0 unspecified atom stereocenters. The summed E-state index contributed by atoms with van der Waals surface area (Å²) < 4.78 is 0. The van der Waals surface area contributed by atoms with Gasteiger partial charge in [-0.15, -0.1) is 11.3 Å². The van der Waals surface area contributed by atoms with Crippen molar-refractivity contribution >= 4 is 16.5 Å². The minimum absolute atomic E-state index is 0.510. The van der Waals surface area contributed by atoms with Crippen LogP contribution in [0.25, 0.3) is 0 Å². The predicted octanol–water partition coefficient (Wildman–Crippen LogP) is 2.27. The standard InChI is InChI=1S/C15H26N4S/c1-11(2)14-13(10-16-3)20-15(17-14)19-8-6-18(7-9-19)12-4-5-12/h11-12,16H,4-10H2,1-3H3. The average molecular weight is 294 g/mol. The molecule has 0 spiro atoms. The largest absolute Gasteiger partial charge is 0.346 e. The molecule has 1 aromatic heterocycles. The highest BCUT2D eigenvalue weighted by molar-refractivity contribution is 7.15. The number of anilines is 1. The number of aromatic nitrogens is 1. The van der Waals surface area contributed by atoms with Crippen LogP contribution in [0.15, 0.2) is 0 Å². The summed E-state index contributed by atoms with van der Waals surface area (Å²) in [5, 5.41) is 4.50. The first kappa shape index (κ1) is 14.3. The molecule has 5 heteroatoms. The molecule has 0 atom stereocenters. The van der Waals surface area contributed by atoms with Gasteiger partial charge in [0.15, 0.2) is 5.13 Å². The Morgan fingerprint density at radius 3 is 2.50 bits per heavy atom. The van der Waals surface area contributed by atoms with Crippen LogP contribution in [0, 0.1) is 0 Å². The zero-order valence-electron chi connectivity index (χ0n) is 12.9. The fraction of sp³-hybridized carbons (Fsp3) is 0.800. The van der Waals surface area contributed by atoms with Crippen LogP contribution in [0.3, 0.4) is 0 Å². The number of rotatable bonds is 5. The van der Waals surface area contributed by atoms with Gasteiger partial charge >= 0.3 is 0 Å². The molecule has 0 amide bonds. The van der Waals surface area contributed by atoms with E-state index in [0.29, 0.717) is 5.92 Å². The summed E-state index contributed by atoms with van der Waals surface area (Å²) in [6.07, 6.45) is 2.84. The van der Waals surface area contributed by atoms with Gasteiger partial charge in [-0.2, -0.15) is 0 Å². The molecule has 0 bridgehead atoms. The average Bonchev–Trinajstić information content (AvgIpc) is 3.20. The molecule has 0 radical (unpaired) electrons. The summed E-state index contributed by atoms with van der Waals surface area (Å²) in [5.41, 5.74) is 1.28. The lowest BCUT2D eigenvalue weighted by Crippen LogP contribution is -2.47. The van der Waals surface area contributed by atoms with E-state index in [2.05, 4.69) is 29.0 Å². The first-order valence-corrected chi connectivity index (χ1v) is 8.64. The number of nitrogens with one attached hydrogen (secondary N) is 1. The van der Waals surface area contributed by atoms with E-state index in [0.717, 1.165) is 25.7 Å². The minimum Gasteiger partial charge on any atom is -0.346 e. The van der Waals surface area contributed by atoms with Gasteiger partial charge in [0.1, 0.15) is 0 Å². The van der Waals surface area contributed by atoms with Crippen molar-refractivity contribution in [3.05, 3.63) is 10.6 Å². The maximum atomic E-state index is 4.92. The Balaban J connectivity index is 1.68. The maximum Gasteiger partial charge on any atom is 0.185 e. The highest BCUT2D eigenvalue weighted by atomic mass is 32.1. The molecular weight excluding hydrogens is 268 g/mol. The van der Waals surface area contributed by atoms with Gasteiger partial charge in [-0.3, -0.25) is 4.90 Å². The highest BCUT2D eigenvalue weighted by Crippen LogP contribution is 2.33. The summed E-state index contributed by atoms with van der Waals surface area (Å²) in [6, 6.07) is 0.902. The van der Waals surface area contributed by atoms with E-state index in [1.54, 1.807) is 0 Å². The van der Waals surface area contributed by atoms with Gasteiger partial charge in [0, 0.05) is 43.6 Å². The van der Waals surface area contributed by atoms with Crippen LogP contribution in [0.5, 0.6) is 0 Å². The molecular formula is C15H26N4S. The lowest BCUT2D eigenvalue weighted by Gasteiger charge is -2.34. The number of hydrogen-bond donors (Lipinski definition) is 1. The molecule has 20 heavy (non-hydrogen) atoms. The lowest BCUT2D eigenvalue weighted by atomic mass is 10.1. The van der Waals surface area contributed by atoms with Crippen molar-refractivity contribution in [2.24, 2.45) is 0 Å². The molecule has 2 heterocycles. The molecule has 4 nitrogen and oxygen atoms in total. The molecule has 1 aliphatic heterocycles. The van der Waals surface area contributed by atoms with Gasteiger partial charge in [0.05, 0.1) is 5.69 Å². The van der Waals surface area contributed by atoms with Gasteiger partial charge in [-0.05, 0) is 25.8 Å². The van der Waals surface area contributed by atoms with Gasteiger partial charge in [0.25, 0.3) is 0 Å². The zero-order valence-corrected chi connectivity index (χ0v) is 13.7. The summed E-state index contributed by atoms with van der Waals surface area (Å²) in [4.78, 5) is 11.5. The Morgan fingerprint density at radius 1 is 1.25 bits per heavy atom. The molecule has 1 aliphatic carbocycles. The smallest absolute Gasteiger partial charge is 0.185 e. The highest BCUT2D eigenvalue weighted by Gasteiger charge is 2.32. The van der Waals surface area contributed by atoms with Crippen LogP contribution in [0.2, 0.25) is 0 Å². The zero-order chi connectivity index (χ0) is 14.1. The fourth-order valence-electron chi connectivity index (χ4n) is 2.94. The van der Waals surface area contributed by atoms with E-state index in [1.807, 2.05) is 18.4 Å². The van der Waals surface area contributed by atoms with Crippen LogP contribution in [0.1, 0.15) is 43.2 Å².